The van der Waals surface area contributed by atoms with Gasteiger partial charge in [0.05, 0.1) is 5.56 Å². The minimum Gasteiger partial charge on any atom is -0.478 e. The van der Waals surface area contributed by atoms with Crippen LogP contribution in [-0.4, -0.2) is 27.6 Å². The number of nitriles is 1. The lowest BCUT2D eigenvalue weighted by Gasteiger charge is -2.06. The molecule has 1 aromatic heterocycles. The van der Waals surface area contributed by atoms with Crippen molar-refractivity contribution in [3.05, 3.63) is 52.8 Å². The first-order valence-corrected chi connectivity index (χ1v) is 6.40. The van der Waals surface area contributed by atoms with E-state index in [0.717, 1.165) is 11.3 Å². The molecule has 2 rings (SSSR count). The van der Waals surface area contributed by atoms with Gasteiger partial charge in [-0.25, -0.2) is 14.8 Å². The van der Waals surface area contributed by atoms with Crippen molar-refractivity contribution >= 4 is 11.9 Å². The number of carbonyl (C=O) groups is 1. The Hall–Kier alpha value is -2.94. The van der Waals surface area contributed by atoms with E-state index in [1.54, 1.807) is 37.3 Å². The van der Waals surface area contributed by atoms with E-state index in [-0.39, 0.29) is 5.56 Å². The number of nitrogens with zero attached hydrogens (tertiary/aromatic N) is 3. The molecular weight excluding hydrogens is 268 g/mol. The van der Waals surface area contributed by atoms with Crippen LogP contribution < -0.4 is 5.32 Å². The summed E-state index contributed by atoms with van der Waals surface area (Å²) in [7, 11) is 0. The molecule has 0 saturated heterocycles. The standard InChI is InChI=1S/C15H14N4O2/c1-10-8-13(9-16)19-15(18-10)17-7-6-11-2-4-12(5-3-11)14(20)21/h2-5,8H,6-7H2,1H3,(H,20,21)(H,17,18,19). The molecule has 6 nitrogen and oxygen atoms in total. The highest BCUT2D eigenvalue weighted by atomic mass is 16.4. The second-order valence-corrected chi connectivity index (χ2v) is 4.51. The topological polar surface area (TPSA) is 98.9 Å². The number of aryl methyl sites for hydroxylation is 1. The molecule has 0 unspecified atom stereocenters. The maximum atomic E-state index is 10.7. The molecule has 1 heterocycles. The summed E-state index contributed by atoms with van der Waals surface area (Å²) in [6.07, 6.45) is 0.707. The number of hydrogen-bond donors (Lipinski definition) is 2. The first-order valence-electron chi connectivity index (χ1n) is 6.40. The van der Waals surface area contributed by atoms with E-state index in [1.165, 1.54) is 0 Å². The fourth-order valence-electron chi connectivity index (χ4n) is 1.84. The van der Waals surface area contributed by atoms with Crippen LogP contribution in [-0.2, 0) is 6.42 Å². The second-order valence-electron chi connectivity index (χ2n) is 4.51. The zero-order valence-corrected chi connectivity index (χ0v) is 11.5. The maximum Gasteiger partial charge on any atom is 0.335 e. The molecule has 0 bridgehead atoms. The number of nitrogens with one attached hydrogen (secondary N) is 1. The highest BCUT2D eigenvalue weighted by Crippen LogP contribution is 2.07. The molecule has 21 heavy (non-hydrogen) atoms. The van der Waals surface area contributed by atoms with Gasteiger partial charge in [0.15, 0.2) is 0 Å². The quantitative estimate of drug-likeness (QED) is 0.870. The number of carboxylic acid groups (broad SMARTS) is 1. The summed E-state index contributed by atoms with van der Waals surface area (Å²) in [5, 5.41) is 20.7. The van der Waals surface area contributed by atoms with Crippen molar-refractivity contribution in [1.82, 2.24) is 9.97 Å². The zero-order chi connectivity index (χ0) is 15.2. The Bertz CT molecular complexity index is 690. The van der Waals surface area contributed by atoms with Crippen molar-refractivity contribution in [3.8, 4) is 6.07 Å². The van der Waals surface area contributed by atoms with Gasteiger partial charge in [-0.05, 0) is 37.1 Å². The van der Waals surface area contributed by atoms with Gasteiger partial charge in [0, 0.05) is 12.2 Å². The normalized spacial score (nSPS) is 9.90. The minimum absolute atomic E-state index is 0.271. The highest BCUT2D eigenvalue weighted by molar-refractivity contribution is 5.87. The predicted molar refractivity (Wildman–Crippen MR) is 77.1 cm³/mol. The summed E-state index contributed by atoms with van der Waals surface area (Å²) >= 11 is 0. The molecule has 0 amide bonds. The number of anilines is 1. The van der Waals surface area contributed by atoms with Gasteiger partial charge in [0.2, 0.25) is 5.95 Å². The van der Waals surface area contributed by atoms with Gasteiger partial charge >= 0.3 is 5.97 Å². The van der Waals surface area contributed by atoms with Crippen LogP contribution in [0.2, 0.25) is 0 Å². The Morgan fingerprint density at radius 3 is 2.67 bits per heavy atom. The van der Waals surface area contributed by atoms with Crippen LogP contribution in [0.1, 0.15) is 27.3 Å². The maximum absolute atomic E-state index is 10.7. The fraction of sp³-hybridized carbons (Fsp3) is 0.200. The van der Waals surface area contributed by atoms with E-state index >= 15 is 0 Å². The van der Waals surface area contributed by atoms with E-state index in [2.05, 4.69) is 15.3 Å². The first kappa shape index (κ1) is 14.5. The number of hydrogen-bond acceptors (Lipinski definition) is 5. The molecule has 106 valence electrons. The first-order chi connectivity index (χ1) is 10.1. The molecule has 6 heteroatoms. The monoisotopic (exact) mass is 282 g/mol. The Kier molecular flexibility index (Phi) is 4.46. The van der Waals surface area contributed by atoms with Crippen LogP contribution in [0.4, 0.5) is 5.95 Å². The van der Waals surface area contributed by atoms with Gasteiger partial charge in [-0.1, -0.05) is 12.1 Å². The smallest absolute Gasteiger partial charge is 0.335 e. The van der Waals surface area contributed by atoms with Crippen molar-refractivity contribution in [1.29, 1.82) is 5.26 Å². The van der Waals surface area contributed by atoms with Crippen LogP contribution >= 0.6 is 0 Å². The summed E-state index contributed by atoms with van der Waals surface area (Å²) in [4.78, 5) is 19.0. The molecule has 0 aliphatic rings. The zero-order valence-electron chi connectivity index (χ0n) is 11.5. The van der Waals surface area contributed by atoms with Crippen molar-refractivity contribution in [3.63, 3.8) is 0 Å². The Morgan fingerprint density at radius 2 is 2.05 bits per heavy atom. The van der Waals surface area contributed by atoms with Crippen molar-refractivity contribution in [2.24, 2.45) is 0 Å². The third kappa shape index (κ3) is 4.01. The van der Waals surface area contributed by atoms with Gasteiger partial charge in [-0.15, -0.1) is 0 Å². The van der Waals surface area contributed by atoms with E-state index in [0.29, 0.717) is 24.6 Å². The second kappa shape index (κ2) is 6.48. The van der Waals surface area contributed by atoms with Crippen LogP contribution in [0.15, 0.2) is 30.3 Å². The molecule has 0 spiro atoms. The van der Waals surface area contributed by atoms with Crippen molar-refractivity contribution in [2.75, 3.05) is 11.9 Å². The van der Waals surface area contributed by atoms with Gasteiger partial charge in [0.25, 0.3) is 0 Å². The van der Waals surface area contributed by atoms with Crippen LogP contribution in [0.25, 0.3) is 0 Å². The Labute approximate surface area is 122 Å². The largest absolute Gasteiger partial charge is 0.478 e. The van der Waals surface area contributed by atoms with Gasteiger partial charge < -0.3 is 10.4 Å². The lowest BCUT2D eigenvalue weighted by atomic mass is 10.1. The van der Waals surface area contributed by atoms with Gasteiger partial charge in [0.1, 0.15) is 11.8 Å². The molecule has 0 atom stereocenters. The number of carboxylic acids is 1. The average molecular weight is 282 g/mol. The third-order valence-electron chi connectivity index (χ3n) is 2.87. The average Bonchev–Trinajstić information content (AvgIpc) is 2.47. The summed E-state index contributed by atoms with van der Waals surface area (Å²) in [6.45, 7) is 2.40. The number of rotatable bonds is 5. The molecule has 0 aliphatic heterocycles. The van der Waals surface area contributed by atoms with Crippen molar-refractivity contribution in [2.45, 2.75) is 13.3 Å². The number of aromatic nitrogens is 2. The SMILES string of the molecule is Cc1cc(C#N)nc(NCCc2ccc(C(=O)O)cc2)n1. The molecular formula is C15H14N4O2. The van der Waals surface area contributed by atoms with Gasteiger partial charge in [-0.3, -0.25) is 0 Å². The predicted octanol–water partition coefficient (Wildman–Crippen LogP) is 2.01. The minimum atomic E-state index is -0.933. The summed E-state index contributed by atoms with van der Waals surface area (Å²) in [6, 6.07) is 10.3. The Balaban J connectivity index is 1.94. The molecule has 2 aromatic rings. The van der Waals surface area contributed by atoms with E-state index < -0.39 is 5.97 Å². The molecule has 0 radical (unpaired) electrons. The van der Waals surface area contributed by atoms with E-state index in [1.807, 2.05) is 6.07 Å². The third-order valence-corrected chi connectivity index (χ3v) is 2.87. The molecule has 0 saturated carbocycles. The summed E-state index contributed by atoms with van der Waals surface area (Å²) in [5.74, 6) is -0.509. The molecule has 2 N–H and O–H groups in total. The lowest BCUT2D eigenvalue weighted by Crippen LogP contribution is -2.09. The number of aromatic carboxylic acids is 1. The lowest BCUT2D eigenvalue weighted by molar-refractivity contribution is 0.0697. The molecule has 1 aromatic carbocycles. The van der Waals surface area contributed by atoms with Crippen LogP contribution in [0.3, 0.4) is 0 Å². The van der Waals surface area contributed by atoms with Gasteiger partial charge in [-0.2, -0.15) is 5.26 Å². The fourth-order valence-corrected chi connectivity index (χ4v) is 1.84. The highest BCUT2D eigenvalue weighted by Gasteiger charge is 2.03. The summed E-state index contributed by atoms with van der Waals surface area (Å²) in [5.41, 5.74) is 2.35. The van der Waals surface area contributed by atoms with E-state index in [9.17, 15) is 4.79 Å². The Morgan fingerprint density at radius 1 is 1.33 bits per heavy atom. The number of benzene rings is 1. The van der Waals surface area contributed by atoms with Crippen molar-refractivity contribution < 1.29 is 9.90 Å². The van der Waals surface area contributed by atoms with Crippen LogP contribution in [0.5, 0.6) is 0 Å². The van der Waals surface area contributed by atoms with E-state index in [4.69, 9.17) is 10.4 Å². The summed E-state index contributed by atoms with van der Waals surface area (Å²) < 4.78 is 0. The van der Waals surface area contributed by atoms with Crippen LogP contribution in [0, 0.1) is 18.3 Å². The molecule has 0 aliphatic carbocycles. The molecule has 0 fully saturated rings.